The molecule has 27 heavy (non-hydrogen) atoms. The van der Waals surface area contributed by atoms with Gasteiger partial charge in [-0.25, -0.2) is 12.4 Å². The molecule has 0 N–H and O–H groups in total. The topological polar surface area (TPSA) is 67.8 Å². The van der Waals surface area contributed by atoms with E-state index in [4.69, 9.17) is 5.26 Å². The molecule has 0 atom stereocenters. The first-order valence-corrected chi connectivity index (χ1v) is 9.90. The van der Waals surface area contributed by atoms with Crippen molar-refractivity contribution in [1.29, 1.82) is 5.26 Å². The lowest BCUT2D eigenvalue weighted by molar-refractivity contribution is 0.589. The largest absolute Gasteiger partial charge is 0.348 e. The Balaban J connectivity index is 1.84. The van der Waals surface area contributed by atoms with Gasteiger partial charge >= 0.3 is 0 Å². The van der Waals surface area contributed by atoms with E-state index in [2.05, 4.69) is 6.07 Å². The monoisotopic (exact) mass is 375 g/mol. The second-order valence-electron chi connectivity index (χ2n) is 6.47. The average molecular weight is 375 g/mol. The van der Waals surface area contributed by atoms with Gasteiger partial charge in [-0.05, 0) is 36.8 Å². The summed E-state index contributed by atoms with van der Waals surface area (Å²) in [5.74, 6) is 0. The van der Waals surface area contributed by atoms with Gasteiger partial charge in [0, 0.05) is 30.5 Å². The maximum Gasteiger partial charge on any atom is 0.268 e. The predicted octanol–water partition coefficient (Wildman–Crippen LogP) is 3.91. The number of nitrogens with zero attached hydrogens (tertiary/aromatic N) is 3. The summed E-state index contributed by atoms with van der Waals surface area (Å²) < 4.78 is 29.6. The van der Waals surface area contributed by atoms with Crippen molar-refractivity contribution >= 4 is 20.9 Å². The molecule has 0 amide bonds. The normalized spacial score (nSPS) is 11.6. The van der Waals surface area contributed by atoms with Gasteiger partial charge in [-0.1, -0.05) is 35.9 Å². The van der Waals surface area contributed by atoms with Crippen LogP contribution in [0.5, 0.6) is 0 Å². The fourth-order valence-electron chi connectivity index (χ4n) is 3.17. The van der Waals surface area contributed by atoms with Crippen LogP contribution in [0.4, 0.5) is 0 Å². The number of aromatic nitrogens is 2. The molecule has 0 aliphatic carbocycles. The van der Waals surface area contributed by atoms with Crippen molar-refractivity contribution in [2.75, 3.05) is 0 Å². The molecule has 0 bridgehead atoms. The summed E-state index contributed by atoms with van der Waals surface area (Å²) in [5, 5.41) is 9.87. The van der Waals surface area contributed by atoms with Gasteiger partial charge in [0.05, 0.1) is 16.0 Å². The fourth-order valence-corrected chi connectivity index (χ4v) is 4.56. The number of aryl methyl sites for hydroxylation is 1. The summed E-state index contributed by atoms with van der Waals surface area (Å²) in [6.07, 6.45) is 5.24. The van der Waals surface area contributed by atoms with Gasteiger partial charge in [-0.2, -0.15) is 5.26 Å². The van der Waals surface area contributed by atoms with Gasteiger partial charge in [0.1, 0.15) is 6.07 Å². The molecule has 6 heteroatoms. The van der Waals surface area contributed by atoms with Crippen LogP contribution in [0.2, 0.25) is 0 Å². The average Bonchev–Trinajstić information content (AvgIpc) is 3.28. The molecular weight excluding hydrogens is 358 g/mol. The number of hydrogen-bond donors (Lipinski definition) is 0. The molecule has 134 valence electrons. The molecule has 2 heterocycles. The highest BCUT2D eigenvalue weighted by Crippen LogP contribution is 2.27. The van der Waals surface area contributed by atoms with Crippen LogP contribution in [-0.4, -0.2) is 17.0 Å². The maximum absolute atomic E-state index is 13.2. The van der Waals surface area contributed by atoms with Crippen LogP contribution in [0.1, 0.15) is 16.7 Å². The van der Waals surface area contributed by atoms with Crippen LogP contribution in [-0.2, 0) is 16.6 Å². The van der Waals surface area contributed by atoms with E-state index in [9.17, 15) is 8.42 Å². The van der Waals surface area contributed by atoms with E-state index in [1.54, 1.807) is 48.8 Å². The maximum atomic E-state index is 13.2. The second kappa shape index (κ2) is 6.45. The molecule has 2 aromatic heterocycles. The summed E-state index contributed by atoms with van der Waals surface area (Å²) in [6.45, 7) is 2.41. The van der Waals surface area contributed by atoms with E-state index in [0.29, 0.717) is 17.6 Å². The molecule has 0 saturated heterocycles. The zero-order valence-corrected chi connectivity index (χ0v) is 15.5. The first kappa shape index (κ1) is 17.1. The Kier molecular flexibility index (Phi) is 4.09. The molecule has 4 rings (SSSR count). The van der Waals surface area contributed by atoms with Crippen molar-refractivity contribution in [2.24, 2.45) is 0 Å². The van der Waals surface area contributed by atoms with Crippen molar-refractivity contribution in [3.8, 4) is 6.07 Å². The molecule has 0 aliphatic rings. The summed E-state index contributed by atoms with van der Waals surface area (Å²) in [7, 11) is -3.70. The lowest BCUT2D eigenvalue weighted by Gasteiger charge is -2.07. The van der Waals surface area contributed by atoms with Gasteiger partial charge in [-0.3, -0.25) is 0 Å². The van der Waals surface area contributed by atoms with Crippen molar-refractivity contribution in [2.45, 2.75) is 18.4 Å². The molecule has 0 radical (unpaired) electrons. The highest BCUT2D eigenvalue weighted by Gasteiger charge is 2.21. The number of hydrogen-bond acceptors (Lipinski definition) is 3. The van der Waals surface area contributed by atoms with Gasteiger partial charge in [0.15, 0.2) is 0 Å². The smallest absolute Gasteiger partial charge is 0.268 e. The van der Waals surface area contributed by atoms with E-state index >= 15 is 0 Å². The molecule has 2 aromatic carbocycles. The highest BCUT2D eigenvalue weighted by molar-refractivity contribution is 7.90. The Morgan fingerprint density at radius 2 is 1.74 bits per heavy atom. The molecule has 0 aliphatic heterocycles. The Morgan fingerprint density at radius 3 is 2.44 bits per heavy atom. The van der Waals surface area contributed by atoms with E-state index in [0.717, 1.165) is 16.5 Å². The van der Waals surface area contributed by atoms with Crippen LogP contribution in [0.15, 0.2) is 78.1 Å². The second-order valence-corrected chi connectivity index (χ2v) is 8.28. The number of benzene rings is 2. The van der Waals surface area contributed by atoms with E-state index in [1.807, 2.05) is 35.9 Å². The van der Waals surface area contributed by atoms with E-state index in [1.165, 1.54) is 3.97 Å². The van der Waals surface area contributed by atoms with Crippen LogP contribution in [0.3, 0.4) is 0 Å². The van der Waals surface area contributed by atoms with Crippen molar-refractivity contribution < 1.29 is 8.42 Å². The molecule has 5 nitrogen and oxygen atoms in total. The standard InChI is InChI=1S/C21H17N3O2S/c1-16-6-8-19(9-7-16)27(25,26)24-15-18(20-4-2-3-5-21(20)24)14-23-11-10-17(12-22)13-23/h2-11,13,15H,14H2,1H3. The summed E-state index contributed by atoms with van der Waals surface area (Å²) in [5.41, 5.74) is 3.10. The van der Waals surface area contributed by atoms with Crippen molar-refractivity contribution in [3.05, 3.63) is 89.9 Å². The Morgan fingerprint density at radius 1 is 1.00 bits per heavy atom. The first-order valence-electron chi connectivity index (χ1n) is 8.46. The van der Waals surface area contributed by atoms with Crippen LogP contribution in [0, 0.1) is 18.3 Å². The summed E-state index contributed by atoms with van der Waals surface area (Å²) in [6, 6.07) is 18.1. The Hall–Kier alpha value is -3.30. The minimum Gasteiger partial charge on any atom is -0.348 e. The molecule has 0 unspecified atom stereocenters. The zero-order valence-electron chi connectivity index (χ0n) is 14.7. The lowest BCUT2D eigenvalue weighted by Crippen LogP contribution is -2.11. The van der Waals surface area contributed by atoms with Crippen LogP contribution >= 0.6 is 0 Å². The fraction of sp³-hybridized carbons (Fsp3) is 0.0952. The molecule has 4 aromatic rings. The first-order chi connectivity index (χ1) is 13.0. The molecule has 0 spiro atoms. The van der Waals surface area contributed by atoms with E-state index in [-0.39, 0.29) is 4.90 Å². The predicted molar refractivity (Wildman–Crippen MR) is 104 cm³/mol. The third kappa shape index (κ3) is 3.03. The minimum absolute atomic E-state index is 0.258. The summed E-state index contributed by atoms with van der Waals surface area (Å²) in [4.78, 5) is 0.258. The highest BCUT2D eigenvalue weighted by atomic mass is 32.2. The van der Waals surface area contributed by atoms with Gasteiger partial charge in [-0.15, -0.1) is 0 Å². The zero-order chi connectivity index (χ0) is 19.0. The SMILES string of the molecule is Cc1ccc(S(=O)(=O)n2cc(Cn3ccc(C#N)c3)c3ccccc32)cc1. The Bertz CT molecular complexity index is 1270. The van der Waals surface area contributed by atoms with Crippen molar-refractivity contribution in [3.63, 3.8) is 0 Å². The quantitative estimate of drug-likeness (QED) is 0.543. The third-order valence-corrected chi connectivity index (χ3v) is 6.26. The lowest BCUT2D eigenvalue weighted by atomic mass is 10.2. The van der Waals surface area contributed by atoms with Gasteiger partial charge < -0.3 is 4.57 Å². The molecular formula is C21H17N3O2S. The minimum atomic E-state index is -3.70. The van der Waals surface area contributed by atoms with Crippen LogP contribution in [0.25, 0.3) is 10.9 Å². The third-order valence-electron chi connectivity index (χ3n) is 4.57. The molecule has 0 fully saturated rings. The van der Waals surface area contributed by atoms with Gasteiger partial charge in [0.25, 0.3) is 10.0 Å². The van der Waals surface area contributed by atoms with Gasteiger partial charge in [0.2, 0.25) is 0 Å². The number of para-hydroxylation sites is 1. The number of fused-ring (bicyclic) bond motifs is 1. The Labute approximate surface area is 157 Å². The van der Waals surface area contributed by atoms with E-state index < -0.39 is 10.0 Å². The number of nitriles is 1. The summed E-state index contributed by atoms with van der Waals surface area (Å²) >= 11 is 0. The molecule has 0 saturated carbocycles. The van der Waals surface area contributed by atoms with Crippen molar-refractivity contribution in [1.82, 2.24) is 8.54 Å². The number of rotatable bonds is 4. The van der Waals surface area contributed by atoms with Crippen LogP contribution < -0.4 is 0 Å².